The van der Waals surface area contributed by atoms with Crippen LogP contribution in [0.25, 0.3) is 11.3 Å². The summed E-state index contributed by atoms with van der Waals surface area (Å²) < 4.78 is 5.46. The minimum Gasteiger partial charge on any atom is -0.496 e. The number of fused-ring (bicyclic) bond motifs is 2. The lowest BCUT2D eigenvalue weighted by Gasteiger charge is -2.49. The van der Waals surface area contributed by atoms with Crippen molar-refractivity contribution in [3.8, 4) is 17.0 Å². The summed E-state index contributed by atoms with van der Waals surface area (Å²) in [4.78, 5) is 2.32. The molecule has 4 rings (SSSR count). The van der Waals surface area contributed by atoms with Crippen LogP contribution in [-0.2, 0) is 0 Å². The molecule has 2 aliphatic rings. The first kappa shape index (κ1) is 20.4. The van der Waals surface area contributed by atoms with E-state index in [1.807, 2.05) is 18.2 Å². The van der Waals surface area contributed by atoms with Crippen LogP contribution in [0.2, 0.25) is 5.02 Å². The average Bonchev–Trinajstić information content (AvgIpc) is 3.02. The number of aromatic nitrogens is 2. The molecule has 1 aromatic carbocycles. The summed E-state index contributed by atoms with van der Waals surface area (Å²) in [5, 5.41) is 13.6. The summed E-state index contributed by atoms with van der Waals surface area (Å²) in [5.41, 5.74) is 2.12. The number of hydrogen-bond donors (Lipinski definition) is 1. The lowest BCUT2D eigenvalue weighted by Crippen LogP contribution is -2.60. The molecule has 2 saturated heterocycles. The first-order valence-electron chi connectivity index (χ1n) is 10.4. The molecule has 0 aliphatic carbocycles. The number of piperidine rings is 1. The van der Waals surface area contributed by atoms with E-state index in [-0.39, 0.29) is 11.0 Å². The summed E-state index contributed by atoms with van der Waals surface area (Å²) in [6.45, 7) is 7.08. The van der Waals surface area contributed by atoms with Gasteiger partial charge in [0.2, 0.25) is 0 Å². The molecule has 0 radical (unpaired) electrons. The second kappa shape index (κ2) is 7.44. The van der Waals surface area contributed by atoms with E-state index >= 15 is 0 Å². The van der Waals surface area contributed by atoms with Gasteiger partial charge in [0.1, 0.15) is 5.75 Å². The van der Waals surface area contributed by atoms with Crippen molar-refractivity contribution >= 4 is 17.4 Å². The summed E-state index contributed by atoms with van der Waals surface area (Å²) in [6.07, 6.45) is 4.82. The van der Waals surface area contributed by atoms with E-state index in [1.54, 1.807) is 13.2 Å². The molecule has 0 spiro atoms. The van der Waals surface area contributed by atoms with E-state index in [1.165, 1.54) is 12.8 Å². The summed E-state index contributed by atoms with van der Waals surface area (Å²) >= 11 is 6.08. The van der Waals surface area contributed by atoms with E-state index in [4.69, 9.17) is 16.3 Å². The molecule has 6 heteroatoms. The zero-order valence-corrected chi connectivity index (χ0v) is 18.8. The fraction of sp³-hybridized carbons (Fsp3) is 0.565. The van der Waals surface area contributed by atoms with Crippen LogP contribution in [0.3, 0.4) is 0 Å². The summed E-state index contributed by atoms with van der Waals surface area (Å²) in [6, 6.07) is 10.7. The topological polar surface area (TPSA) is 50.3 Å². The SMILES string of the molecule is COc1cc(Cl)ccc1-c1ccc(N(C)[C@H]2C[C@@H]3CC[C@](C(C)(C)C)(C2)N3)nn1. The Morgan fingerprint density at radius 3 is 2.66 bits per heavy atom. The molecule has 29 heavy (non-hydrogen) atoms. The Morgan fingerprint density at radius 2 is 2.00 bits per heavy atom. The van der Waals surface area contributed by atoms with Gasteiger partial charge in [0.05, 0.1) is 12.8 Å². The number of rotatable bonds is 4. The summed E-state index contributed by atoms with van der Waals surface area (Å²) in [7, 11) is 3.79. The van der Waals surface area contributed by atoms with Gasteiger partial charge in [0.15, 0.2) is 5.82 Å². The molecule has 0 unspecified atom stereocenters. The zero-order chi connectivity index (χ0) is 20.8. The average molecular weight is 415 g/mol. The van der Waals surface area contributed by atoms with E-state index in [9.17, 15) is 0 Å². The van der Waals surface area contributed by atoms with Gasteiger partial charge in [-0.15, -0.1) is 10.2 Å². The van der Waals surface area contributed by atoms with Gasteiger partial charge in [-0.3, -0.25) is 0 Å². The molecule has 3 heterocycles. The molecule has 0 saturated carbocycles. The molecule has 2 fully saturated rings. The Balaban J connectivity index is 1.55. The first-order valence-corrected chi connectivity index (χ1v) is 10.8. The van der Waals surface area contributed by atoms with E-state index in [0.29, 0.717) is 22.9 Å². The lowest BCUT2D eigenvalue weighted by atomic mass is 9.68. The number of methoxy groups -OCH3 is 1. The highest BCUT2D eigenvalue weighted by atomic mass is 35.5. The minimum atomic E-state index is 0.207. The number of nitrogens with zero attached hydrogens (tertiary/aromatic N) is 3. The summed E-state index contributed by atoms with van der Waals surface area (Å²) in [5.74, 6) is 1.62. The smallest absolute Gasteiger partial charge is 0.151 e. The molecule has 2 bridgehead atoms. The molecular weight excluding hydrogens is 384 g/mol. The normalized spacial score (nSPS) is 26.4. The maximum absolute atomic E-state index is 6.08. The molecular formula is C23H31ClN4O. The van der Waals surface area contributed by atoms with Gasteiger partial charge in [-0.05, 0) is 61.4 Å². The highest BCUT2D eigenvalue weighted by Crippen LogP contribution is 2.47. The number of halogens is 1. The predicted octanol–water partition coefficient (Wildman–Crippen LogP) is 4.94. The second-order valence-electron chi connectivity index (χ2n) is 9.54. The lowest BCUT2D eigenvalue weighted by molar-refractivity contribution is 0.108. The molecule has 1 aromatic heterocycles. The Morgan fingerprint density at radius 1 is 1.21 bits per heavy atom. The number of ether oxygens (including phenoxy) is 1. The molecule has 156 valence electrons. The van der Waals surface area contributed by atoms with Crippen molar-refractivity contribution < 1.29 is 4.74 Å². The third-order valence-corrected chi connectivity index (χ3v) is 7.21. The van der Waals surface area contributed by atoms with Crippen LogP contribution in [-0.4, -0.2) is 42.0 Å². The Bertz CT molecular complexity index is 879. The Labute approximate surface area is 178 Å². The van der Waals surface area contributed by atoms with Gasteiger partial charge >= 0.3 is 0 Å². The number of nitrogens with one attached hydrogen (secondary N) is 1. The van der Waals surface area contributed by atoms with Gasteiger partial charge in [-0.25, -0.2) is 0 Å². The third-order valence-electron chi connectivity index (χ3n) is 6.98. The van der Waals surface area contributed by atoms with E-state index in [0.717, 1.165) is 29.9 Å². The van der Waals surface area contributed by atoms with Crippen LogP contribution in [0, 0.1) is 5.41 Å². The van der Waals surface area contributed by atoms with E-state index < -0.39 is 0 Å². The molecule has 2 aromatic rings. The second-order valence-corrected chi connectivity index (χ2v) is 9.97. The van der Waals surface area contributed by atoms with Crippen LogP contribution in [0.1, 0.15) is 46.5 Å². The van der Waals surface area contributed by atoms with Gasteiger partial charge in [0.25, 0.3) is 0 Å². The van der Waals surface area contributed by atoms with Gasteiger partial charge < -0.3 is 15.0 Å². The van der Waals surface area contributed by atoms with Crippen molar-refractivity contribution in [3.63, 3.8) is 0 Å². The van der Waals surface area contributed by atoms with Crippen molar-refractivity contribution in [2.75, 3.05) is 19.1 Å². The molecule has 3 atom stereocenters. The standard InChI is InChI=1S/C23H31ClN4O/c1-22(2,3)23-11-10-16(25-23)13-17(14-23)28(4)21-9-8-19(26-27-21)18-7-6-15(24)12-20(18)29-5/h6-9,12,16-17,25H,10-11,13-14H2,1-5H3/t16-,17-,23+/m0/s1. The van der Waals surface area contributed by atoms with Crippen molar-refractivity contribution in [1.82, 2.24) is 15.5 Å². The monoisotopic (exact) mass is 414 g/mol. The molecule has 0 amide bonds. The van der Waals surface area contributed by atoms with Crippen molar-refractivity contribution in [1.29, 1.82) is 0 Å². The maximum Gasteiger partial charge on any atom is 0.151 e. The van der Waals surface area contributed by atoms with Gasteiger partial charge in [0, 0.05) is 35.3 Å². The Kier molecular flexibility index (Phi) is 5.24. The Hall–Kier alpha value is -1.85. The number of benzene rings is 1. The quantitative estimate of drug-likeness (QED) is 0.767. The van der Waals surface area contributed by atoms with Crippen LogP contribution in [0.5, 0.6) is 5.75 Å². The molecule has 5 nitrogen and oxygen atoms in total. The highest BCUT2D eigenvalue weighted by molar-refractivity contribution is 6.30. The van der Waals surface area contributed by atoms with Crippen molar-refractivity contribution in [3.05, 3.63) is 35.4 Å². The van der Waals surface area contributed by atoms with Crippen LogP contribution >= 0.6 is 11.6 Å². The fourth-order valence-electron chi connectivity index (χ4n) is 5.02. The van der Waals surface area contributed by atoms with Gasteiger partial charge in [-0.2, -0.15) is 0 Å². The van der Waals surface area contributed by atoms with Gasteiger partial charge in [-0.1, -0.05) is 32.4 Å². The maximum atomic E-state index is 6.08. The highest BCUT2D eigenvalue weighted by Gasteiger charge is 2.52. The fourth-order valence-corrected chi connectivity index (χ4v) is 5.18. The number of anilines is 1. The zero-order valence-electron chi connectivity index (χ0n) is 18.0. The number of hydrogen-bond acceptors (Lipinski definition) is 5. The van der Waals surface area contributed by atoms with Crippen molar-refractivity contribution in [2.45, 2.75) is 64.1 Å². The van der Waals surface area contributed by atoms with Crippen LogP contribution < -0.4 is 15.0 Å². The largest absolute Gasteiger partial charge is 0.496 e. The van der Waals surface area contributed by atoms with Crippen molar-refractivity contribution in [2.24, 2.45) is 5.41 Å². The minimum absolute atomic E-state index is 0.207. The first-order chi connectivity index (χ1) is 13.7. The third kappa shape index (κ3) is 3.71. The molecule has 1 N–H and O–H groups in total. The predicted molar refractivity (Wildman–Crippen MR) is 119 cm³/mol. The van der Waals surface area contributed by atoms with E-state index in [2.05, 4.69) is 54.3 Å². The van der Waals surface area contributed by atoms with Crippen LogP contribution in [0.4, 0.5) is 5.82 Å². The van der Waals surface area contributed by atoms with Crippen LogP contribution in [0.15, 0.2) is 30.3 Å². The molecule has 2 aliphatic heterocycles.